The molecular weight excluding hydrogens is 455 g/mol. The Bertz CT molecular complexity index is 1130. The molecule has 3 rings (SSSR count). The normalized spacial score (nSPS) is 11.6. The van der Waals surface area contributed by atoms with Crippen molar-refractivity contribution in [2.45, 2.75) is 52.6 Å². The number of carbonyl (C=O) groups is 2. The van der Waals surface area contributed by atoms with Crippen LogP contribution in [0.1, 0.15) is 42.0 Å². The first-order valence-corrected chi connectivity index (χ1v) is 12.4. The summed E-state index contributed by atoms with van der Waals surface area (Å²) < 4.78 is 19.4. The van der Waals surface area contributed by atoms with Gasteiger partial charge in [0.05, 0.1) is 0 Å². The zero-order chi connectivity index (χ0) is 25.9. The molecule has 3 aromatic rings. The van der Waals surface area contributed by atoms with Crippen LogP contribution in [0.4, 0.5) is 4.39 Å². The van der Waals surface area contributed by atoms with Gasteiger partial charge in [-0.05, 0) is 55.2 Å². The van der Waals surface area contributed by atoms with Crippen LogP contribution in [0.5, 0.6) is 5.75 Å². The average molecular weight is 491 g/mol. The highest BCUT2D eigenvalue weighted by molar-refractivity contribution is 5.88. The zero-order valence-corrected chi connectivity index (χ0v) is 21.3. The third-order valence-electron chi connectivity index (χ3n) is 6.05. The SMILES string of the molecule is CCCCNC(=O)[C@H](Cc1ccccc1)N(Cc1ccc(F)cc1)C(=O)COc1ccc(C)cc1C. The van der Waals surface area contributed by atoms with Crippen LogP contribution in [0, 0.1) is 19.7 Å². The first-order valence-electron chi connectivity index (χ1n) is 12.4. The highest BCUT2D eigenvalue weighted by Crippen LogP contribution is 2.20. The molecular formula is C30H35FN2O3. The molecule has 0 fully saturated rings. The van der Waals surface area contributed by atoms with E-state index < -0.39 is 6.04 Å². The molecule has 0 aliphatic carbocycles. The molecule has 0 aromatic heterocycles. The van der Waals surface area contributed by atoms with E-state index in [2.05, 4.69) is 12.2 Å². The van der Waals surface area contributed by atoms with Crippen LogP contribution in [0.25, 0.3) is 0 Å². The number of rotatable bonds is 12. The van der Waals surface area contributed by atoms with E-state index in [0.29, 0.717) is 18.7 Å². The van der Waals surface area contributed by atoms with Crippen molar-refractivity contribution in [3.8, 4) is 5.75 Å². The standard InChI is InChI=1S/C30H35FN2O3/c1-4-5-17-32-30(35)27(19-24-9-7-6-8-10-24)33(20-25-12-14-26(31)15-13-25)29(34)21-36-28-16-11-22(2)18-23(28)3/h6-16,18,27H,4-5,17,19-21H2,1-3H3,(H,32,35)/t27-/m0/s1. The molecule has 0 heterocycles. The monoisotopic (exact) mass is 490 g/mol. The fraction of sp³-hybridized carbons (Fsp3) is 0.333. The molecule has 3 aromatic carbocycles. The van der Waals surface area contributed by atoms with E-state index in [-0.39, 0.29) is 30.8 Å². The minimum Gasteiger partial charge on any atom is -0.483 e. The van der Waals surface area contributed by atoms with E-state index in [1.807, 2.05) is 62.4 Å². The minimum absolute atomic E-state index is 0.161. The van der Waals surface area contributed by atoms with Gasteiger partial charge < -0.3 is 15.0 Å². The number of benzene rings is 3. The van der Waals surface area contributed by atoms with E-state index >= 15 is 0 Å². The lowest BCUT2D eigenvalue weighted by Gasteiger charge is -2.31. The Morgan fingerprint density at radius 3 is 2.36 bits per heavy atom. The predicted octanol–water partition coefficient (Wildman–Crippen LogP) is 5.38. The number of unbranched alkanes of at least 4 members (excludes halogenated alkanes) is 1. The minimum atomic E-state index is -0.746. The van der Waals surface area contributed by atoms with Crippen molar-refractivity contribution in [3.63, 3.8) is 0 Å². The van der Waals surface area contributed by atoms with Crippen molar-refractivity contribution in [1.29, 1.82) is 0 Å². The molecule has 0 spiro atoms. The Morgan fingerprint density at radius 1 is 0.972 bits per heavy atom. The number of ether oxygens (including phenoxy) is 1. The van der Waals surface area contributed by atoms with Gasteiger partial charge in [0.1, 0.15) is 17.6 Å². The number of nitrogens with one attached hydrogen (secondary N) is 1. The molecule has 0 aliphatic rings. The predicted molar refractivity (Wildman–Crippen MR) is 140 cm³/mol. The lowest BCUT2D eigenvalue weighted by molar-refractivity contribution is -0.142. The van der Waals surface area contributed by atoms with E-state index in [1.54, 1.807) is 17.0 Å². The third kappa shape index (κ3) is 7.94. The van der Waals surface area contributed by atoms with Gasteiger partial charge in [-0.25, -0.2) is 4.39 Å². The van der Waals surface area contributed by atoms with E-state index in [0.717, 1.165) is 35.1 Å². The van der Waals surface area contributed by atoms with Gasteiger partial charge in [0.2, 0.25) is 5.91 Å². The molecule has 190 valence electrons. The number of hydrogen-bond donors (Lipinski definition) is 1. The van der Waals surface area contributed by atoms with Gasteiger partial charge in [0.15, 0.2) is 6.61 Å². The van der Waals surface area contributed by atoms with Crippen molar-refractivity contribution < 1.29 is 18.7 Å². The first-order chi connectivity index (χ1) is 17.4. The third-order valence-corrected chi connectivity index (χ3v) is 6.05. The average Bonchev–Trinajstić information content (AvgIpc) is 2.87. The highest BCUT2D eigenvalue weighted by atomic mass is 19.1. The lowest BCUT2D eigenvalue weighted by Crippen LogP contribution is -2.51. The molecule has 0 radical (unpaired) electrons. The number of carbonyl (C=O) groups excluding carboxylic acids is 2. The maximum atomic E-state index is 13.6. The van der Waals surface area contributed by atoms with Gasteiger partial charge in [-0.15, -0.1) is 0 Å². The van der Waals surface area contributed by atoms with Crippen LogP contribution in [0.15, 0.2) is 72.8 Å². The Kier molecular flexibility index (Phi) is 10.0. The van der Waals surface area contributed by atoms with Crippen LogP contribution in [-0.4, -0.2) is 35.9 Å². The molecule has 0 unspecified atom stereocenters. The van der Waals surface area contributed by atoms with Gasteiger partial charge in [-0.2, -0.15) is 0 Å². The summed E-state index contributed by atoms with van der Waals surface area (Å²) in [5, 5.41) is 2.99. The van der Waals surface area contributed by atoms with Crippen LogP contribution < -0.4 is 10.1 Å². The maximum absolute atomic E-state index is 13.6. The van der Waals surface area contributed by atoms with Crippen LogP contribution in [0.3, 0.4) is 0 Å². The Labute approximate surface area is 213 Å². The van der Waals surface area contributed by atoms with E-state index in [9.17, 15) is 14.0 Å². The summed E-state index contributed by atoms with van der Waals surface area (Å²) in [6.45, 7) is 6.48. The molecule has 0 bridgehead atoms. The Balaban J connectivity index is 1.88. The number of aryl methyl sites for hydroxylation is 2. The highest BCUT2D eigenvalue weighted by Gasteiger charge is 2.30. The summed E-state index contributed by atoms with van der Waals surface area (Å²) >= 11 is 0. The summed E-state index contributed by atoms with van der Waals surface area (Å²) in [6, 6.07) is 20.6. The molecule has 2 amide bonds. The van der Waals surface area contributed by atoms with Crippen LogP contribution in [0.2, 0.25) is 0 Å². The summed E-state index contributed by atoms with van der Waals surface area (Å²) in [5.74, 6) is -0.254. The van der Waals surface area contributed by atoms with Crippen molar-refractivity contribution in [3.05, 3.63) is 101 Å². The number of amides is 2. The van der Waals surface area contributed by atoms with Crippen LogP contribution >= 0.6 is 0 Å². The number of halogens is 1. The molecule has 1 atom stereocenters. The topological polar surface area (TPSA) is 58.6 Å². The smallest absolute Gasteiger partial charge is 0.261 e. The second-order valence-corrected chi connectivity index (χ2v) is 9.06. The Morgan fingerprint density at radius 2 is 1.69 bits per heavy atom. The van der Waals surface area contributed by atoms with E-state index in [1.165, 1.54) is 12.1 Å². The summed E-state index contributed by atoms with van der Waals surface area (Å²) in [7, 11) is 0. The number of hydrogen-bond acceptors (Lipinski definition) is 3. The quantitative estimate of drug-likeness (QED) is 0.347. The van der Waals surface area contributed by atoms with Crippen molar-refractivity contribution in [2.24, 2.45) is 0 Å². The fourth-order valence-electron chi connectivity index (χ4n) is 4.03. The number of nitrogens with zero attached hydrogens (tertiary/aromatic N) is 1. The molecule has 0 saturated carbocycles. The van der Waals surface area contributed by atoms with Crippen molar-refractivity contribution >= 4 is 11.8 Å². The summed E-state index contributed by atoms with van der Waals surface area (Å²) in [4.78, 5) is 28.5. The second kappa shape index (κ2) is 13.4. The maximum Gasteiger partial charge on any atom is 0.261 e. The molecule has 36 heavy (non-hydrogen) atoms. The van der Waals surface area contributed by atoms with Gasteiger partial charge >= 0.3 is 0 Å². The largest absolute Gasteiger partial charge is 0.483 e. The molecule has 0 saturated heterocycles. The van der Waals surface area contributed by atoms with Gasteiger partial charge in [-0.3, -0.25) is 9.59 Å². The molecule has 5 nitrogen and oxygen atoms in total. The molecule has 1 N–H and O–H groups in total. The first kappa shape index (κ1) is 26.9. The molecule has 6 heteroatoms. The second-order valence-electron chi connectivity index (χ2n) is 9.06. The van der Waals surface area contributed by atoms with Crippen molar-refractivity contribution in [2.75, 3.05) is 13.2 Å². The summed E-state index contributed by atoms with van der Waals surface area (Å²) in [6.07, 6.45) is 2.16. The van der Waals surface area contributed by atoms with E-state index in [4.69, 9.17) is 4.74 Å². The zero-order valence-electron chi connectivity index (χ0n) is 21.3. The van der Waals surface area contributed by atoms with Crippen molar-refractivity contribution in [1.82, 2.24) is 10.2 Å². The lowest BCUT2D eigenvalue weighted by atomic mass is 10.0. The van der Waals surface area contributed by atoms with Gasteiger partial charge in [-0.1, -0.05) is 73.5 Å². The van der Waals surface area contributed by atoms with Gasteiger partial charge in [0.25, 0.3) is 5.91 Å². The summed E-state index contributed by atoms with van der Waals surface area (Å²) in [5.41, 5.74) is 3.72. The van der Waals surface area contributed by atoms with Crippen LogP contribution in [-0.2, 0) is 22.6 Å². The molecule has 0 aliphatic heterocycles. The Hall–Kier alpha value is -3.67. The fourth-order valence-corrected chi connectivity index (χ4v) is 4.03. The van der Waals surface area contributed by atoms with Gasteiger partial charge in [0, 0.05) is 19.5 Å².